The van der Waals surface area contributed by atoms with Crippen molar-refractivity contribution >= 4 is 11.0 Å². The van der Waals surface area contributed by atoms with Gasteiger partial charge in [-0.3, -0.25) is 0 Å². The van der Waals surface area contributed by atoms with Crippen LogP contribution in [0.2, 0.25) is 0 Å². The number of allylic oxidation sites excluding steroid dienone is 2. The van der Waals surface area contributed by atoms with Gasteiger partial charge in [-0.2, -0.15) is 0 Å². The molecule has 3 rings (SSSR count). The maximum atomic E-state index is 12.4. The zero-order chi connectivity index (χ0) is 22.6. The van der Waals surface area contributed by atoms with Crippen molar-refractivity contribution in [1.29, 1.82) is 0 Å². The Morgan fingerprint density at radius 1 is 1.19 bits per heavy atom. The Hall–Kier alpha value is -2.96. The average Bonchev–Trinajstić information content (AvgIpc) is 3.26. The fraction of sp³-hybridized carbons (Fsp3) is 0.346. The van der Waals surface area contributed by atoms with Crippen LogP contribution < -0.4 is 0 Å². The second-order valence-electron chi connectivity index (χ2n) is 7.47. The summed E-state index contributed by atoms with van der Waals surface area (Å²) in [4.78, 5) is 7.33. The van der Waals surface area contributed by atoms with Crippen LogP contribution in [0, 0.1) is 0 Å². The number of H-pyrrole nitrogens is 1. The number of hydrogen-bond donors (Lipinski definition) is 2. The molecule has 2 aromatic heterocycles. The third-order valence-electron chi connectivity index (χ3n) is 5.17. The van der Waals surface area contributed by atoms with Crippen LogP contribution in [-0.4, -0.2) is 35.0 Å². The minimum Gasteiger partial charge on any atom is -0.491 e. The number of nitrogens with one attached hydrogen (secondary N) is 1. The first-order valence-corrected chi connectivity index (χ1v) is 11.0. The lowest BCUT2D eigenvalue weighted by atomic mass is 10.1. The van der Waals surface area contributed by atoms with Crippen LogP contribution in [0.1, 0.15) is 42.6 Å². The summed E-state index contributed by atoms with van der Waals surface area (Å²) in [7, 11) is 0. The van der Waals surface area contributed by atoms with Crippen molar-refractivity contribution in [3.05, 3.63) is 89.5 Å². The van der Waals surface area contributed by atoms with E-state index in [0.29, 0.717) is 25.2 Å². The Balaban J connectivity index is 1.52. The number of hydrogen-bond acceptors (Lipinski definition) is 4. The molecule has 1 atom stereocenters. The van der Waals surface area contributed by atoms with E-state index in [0.717, 1.165) is 28.6 Å². The van der Waals surface area contributed by atoms with E-state index in [9.17, 15) is 9.50 Å². The summed E-state index contributed by atoms with van der Waals surface area (Å²) in [5.74, 6) is 0.672. The Labute approximate surface area is 188 Å². The first-order chi connectivity index (χ1) is 15.7. The van der Waals surface area contributed by atoms with Gasteiger partial charge in [0.2, 0.25) is 0 Å². The third kappa shape index (κ3) is 7.04. The number of pyridine rings is 1. The molecule has 0 radical (unpaired) electrons. The van der Waals surface area contributed by atoms with Gasteiger partial charge in [-0.15, -0.1) is 0 Å². The lowest BCUT2D eigenvalue weighted by Crippen LogP contribution is -2.05. The van der Waals surface area contributed by atoms with Crippen LogP contribution in [0.4, 0.5) is 4.39 Å². The monoisotopic (exact) mass is 438 g/mol. The SMILES string of the molecule is CCc1ccc(CO/C(=C/C/C=C\CC(O)c2c[nH]c3ncccc23)COCCF)cc1. The van der Waals surface area contributed by atoms with Crippen molar-refractivity contribution in [2.45, 2.75) is 38.9 Å². The predicted molar refractivity (Wildman–Crippen MR) is 125 cm³/mol. The molecular weight excluding hydrogens is 407 g/mol. The number of benzene rings is 1. The summed E-state index contributed by atoms with van der Waals surface area (Å²) in [6, 6.07) is 12.1. The Kier molecular flexibility index (Phi) is 9.47. The molecule has 0 aliphatic carbocycles. The second kappa shape index (κ2) is 12.8. The molecule has 0 amide bonds. The largest absolute Gasteiger partial charge is 0.491 e. The highest BCUT2D eigenvalue weighted by molar-refractivity contribution is 5.79. The summed E-state index contributed by atoms with van der Waals surface area (Å²) in [6.45, 7) is 2.32. The maximum absolute atomic E-state index is 12.4. The first-order valence-electron chi connectivity index (χ1n) is 11.0. The van der Waals surface area contributed by atoms with Gasteiger partial charge in [-0.25, -0.2) is 9.37 Å². The summed E-state index contributed by atoms with van der Waals surface area (Å²) in [5.41, 5.74) is 3.97. The van der Waals surface area contributed by atoms with Crippen LogP contribution >= 0.6 is 0 Å². The van der Waals surface area contributed by atoms with Gasteiger partial charge < -0.3 is 19.6 Å². The van der Waals surface area contributed by atoms with Gasteiger partial charge in [0.25, 0.3) is 0 Å². The molecule has 32 heavy (non-hydrogen) atoms. The zero-order valence-corrected chi connectivity index (χ0v) is 18.5. The van der Waals surface area contributed by atoms with Crippen LogP contribution in [-0.2, 0) is 22.5 Å². The van der Waals surface area contributed by atoms with E-state index in [2.05, 4.69) is 41.2 Å². The molecule has 2 N–H and O–H groups in total. The Morgan fingerprint density at radius 2 is 2.00 bits per heavy atom. The van der Waals surface area contributed by atoms with Crippen LogP contribution in [0.15, 0.2) is 72.8 Å². The molecule has 3 aromatic rings. The van der Waals surface area contributed by atoms with Gasteiger partial charge >= 0.3 is 0 Å². The summed E-state index contributed by atoms with van der Waals surface area (Å²) < 4.78 is 23.6. The molecule has 0 saturated carbocycles. The molecule has 6 heteroatoms. The lowest BCUT2D eigenvalue weighted by Gasteiger charge is -2.11. The van der Waals surface area contributed by atoms with Crippen molar-refractivity contribution in [3.8, 4) is 0 Å². The van der Waals surface area contributed by atoms with Crippen molar-refractivity contribution < 1.29 is 19.0 Å². The van der Waals surface area contributed by atoms with E-state index in [1.807, 2.05) is 30.4 Å². The molecule has 5 nitrogen and oxygen atoms in total. The van der Waals surface area contributed by atoms with Gasteiger partial charge in [0, 0.05) is 23.3 Å². The molecule has 0 aliphatic heterocycles. The fourth-order valence-electron chi connectivity index (χ4n) is 3.33. The third-order valence-corrected chi connectivity index (χ3v) is 5.17. The first kappa shape index (κ1) is 23.7. The average molecular weight is 439 g/mol. The highest BCUT2D eigenvalue weighted by atomic mass is 19.1. The number of alkyl halides is 1. The Bertz CT molecular complexity index is 1010. The molecule has 170 valence electrons. The van der Waals surface area contributed by atoms with E-state index in [1.165, 1.54) is 5.56 Å². The van der Waals surface area contributed by atoms with Gasteiger partial charge in [0.05, 0.1) is 12.7 Å². The summed E-state index contributed by atoms with van der Waals surface area (Å²) in [6.07, 6.45) is 10.9. The summed E-state index contributed by atoms with van der Waals surface area (Å²) in [5, 5.41) is 11.4. The number of rotatable bonds is 13. The van der Waals surface area contributed by atoms with Crippen molar-refractivity contribution in [2.75, 3.05) is 19.9 Å². The molecule has 0 fully saturated rings. The number of fused-ring (bicyclic) bond motifs is 1. The number of aliphatic hydroxyl groups excluding tert-OH is 1. The van der Waals surface area contributed by atoms with E-state index in [1.54, 1.807) is 12.4 Å². The number of aliphatic hydroxyl groups is 1. The van der Waals surface area contributed by atoms with Gasteiger partial charge in [-0.05, 0) is 48.6 Å². The van der Waals surface area contributed by atoms with Crippen LogP contribution in [0.5, 0.6) is 0 Å². The molecular formula is C26H31FN2O3. The smallest absolute Gasteiger partial charge is 0.137 e. The minimum absolute atomic E-state index is 0.0490. The van der Waals surface area contributed by atoms with Crippen LogP contribution in [0.25, 0.3) is 11.0 Å². The maximum Gasteiger partial charge on any atom is 0.137 e. The van der Waals surface area contributed by atoms with Crippen LogP contribution in [0.3, 0.4) is 0 Å². The number of nitrogens with zero attached hydrogens (tertiary/aromatic N) is 1. The van der Waals surface area contributed by atoms with Gasteiger partial charge in [-0.1, -0.05) is 43.3 Å². The molecule has 0 spiro atoms. The van der Waals surface area contributed by atoms with E-state index < -0.39 is 12.8 Å². The number of aromatic nitrogens is 2. The van der Waals surface area contributed by atoms with Gasteiger partial charge in [0.15, 0.2) is 0 Å². The lowest BCUT2D eigenvalue weighted by molar-refractivity contribution is 0.0838. The highest BCUT2D eigenvalue weighted by Gasteiger charge is 2.11. The minimum atomic E-state index is -0.608. The standard InChI is InChI=1S/C26H31FN2O3/c1-2-20-10-12-21(13-11-20)18-32-22(19-31-16-14-27)7-4-3-5-9-25(30)24-17-29-26-23(24)8-6-15-28-26/h3,5-8,10-13,15,17,25,30H,2,4,9,14,16,18-19H2,1H3,(H,28,29)/b5-3-,22-7+. The van der Waals surface area contributed by atoms with Gasteiger partial charge in [0.1, 0.15) is 31.3 Å². The molecule has 0 aliphatic rings. The second-order valence-corrected chi connectivity index (χ2v) is 7.47. The quantitative estimate of drug-likeness (QED) is 0.208. The molecule has 1 aromatic carbocycles. The molecule has 1 unspecified atom stereocenters. The number of ether oxygens (including phenoxy) is 2. The predicted octanol–water partition coefficient (Wildman–Crippen LogP) is 5.58. The number of aryl methyl sites for hydroxylation is 1. The van der Waals surface area contributed by atoms with E-state index in [4.69, 9.17) is 9.47 Å². The van der Waals surface area contributed by atoms with Crippen molar-refractivity contribution in [1.82, 2.24) is 9.97 Å². The molecule has 0 saturated heterocycles. The summed E-state index contributed by atoms with van der Waals surface area (Å²) >= 11 is 0. The normalized spacial score (nSPS) is 13.2. The highest BCUT2D eigenvalue weighted by Crippen LogP contribution is 2.25. The van der Waals surface area contributed by atoms with Crippen molar-refractivity contribution in [2.24, 2.45) is 0 Å². The van der Waals surface area contributed by atoms with E-state index >= 15 is 0 Å². The Morgan fingerprint density at radius 3 is 2.78 bits per heavy atom. The van der Waals surface area contributed by atoms with Crippen molar-refractivity contribution in [3.63, 3.8) is 0 Å². The van der Waals surface area contributed by atoms with E-state index in [-0.39, 0.29) is 13.2 Å². The molecule has 0 bridgehead atoms. The molecule has 2 heterocycles. The number of halogens is 1. The number of aromatic amines is 1. The topological polar surface area (TPSA) is 67.4 Å². The fourth-order valence-corrected chi connectivity index (χ4v) is 3.33. The zero-order valence-electron chi connectivity index (χ0n) is 18.5.